The standard InChI is InChI=1S/C12H17N7O5S3/c1-18(2)27(22,23)17-12(25)19-4-6(10(19)21)14-9(20)8(16-24-3)7-5-26-11(13)15-7/h5-6H,4H2,1-3H3,(H2,13,15)(H,14,20)(H,17,25)/t6-/m0/s1. The highest BCUT2D eigenvalue weighted by Crippen LogP contribution is 2.14. The number of nitrogens with two attached hydrogens (primary N) is 1. The highest BCUT2D eigenvalue weighted by Gasteiger charge is 2.42. The van der Waals surface area contributed by atoms with E-state index in [1.165, 1.54) is 26.6 Å². The van der Waals surface area contributed by atoms with Gasteiger partial charge in [-0.25, -0.2) is 9.71 Å². The summed E-state index contributed by atoms with van der Waals surface area (Å²) in [6.07, 6.45) is 0. The Bertz CT molecular complexity index is 895. The van der Waals surface area contributed by atoms with E-state index in [1.54, 1.807) is 0 Å². The van der Waals surface area contributed by atoms with Crippen LogP contribution in [-0.2, 0) is 24.6 Å². The Hall–Kier alpha value is -2.36. The molecule has 2 amide bonds. The molecule has 1 fully saturated rings. The Kier molecular flexibility index (Phi) is 6.30. The summed E-state index contributed by atoms with van der Waals surface area (Å²) in [4.78, 5) is 34.2. The number of amides is 2. The van der Waals surface area contributed by atoms with Gasteiger partial charge in [0.05, 0.1) is 6.54 Å². The Morgan fingerprint density at radius 1 is 1.56 bits per heavy atom. The van der Waals surface area contributed by atoms with Gasteiger partial charge in [0, 0.05) is 19.5 Å². The van der Waals surface area contributed by atoms with Crippen molar-refractivity contribution < 1.29 is 22.8 Å². The fraction of sp³-hybridized carbons (Fsp3) is 0.417. The van der Waals surface area contributed by atoms with Crippen molar-refractivity contribution in [3.8, 4) is 0 Å². The number of oxime groups is 1. The van der Waals surface area contributed by atoms with Gasteiger partial charge in [-0.3, -0.25) is 14.5 Å². The number of hydrogen-bond acceptors (Lipinski definition) is 10. The van der Waals surface area contributed by atoms with Crippen molar-refractivity contribution in [2.45, 2.75) is 6.04 Å². The van der Waals surface area contributed by atoms with Crippen LogP contribution in [0.1, 0.15) is 5.69 Å². The minimum atomic E-state index is -3.83. The average molecular weight is 436 g/mol. The molecule has 0 spiro atoms. The molecule has 0 radical (unpaired) electrons. The SMILES string of the molecule is CON=C(C(=O)N[C@H]1CN(C(=S)NS(=O)(=O)N(C)C)C1=O)c1csc(N)n1. The normalized spacial score (nSPS) is 17.5. The molecule has 1 aromatic rings. The number of nitrogens with one attached hydrogen (secondary N) is 2. The zero-order valence-corrected chi connectivity index (χ0v) is 16.9. The summed E-state index contributed by atoms with van der Waals surface area (Å²) in [5.74, 6) is -1.26. The predicted molar refractivity (Wildman–Crippen MR) is 102 cm³/mol. The molecule has 2 heterocycles. The number of β-lactam (4-membered cyclic amide) rings is 1. The first-order valence-electron chi connectivity index (χ1n) is 7.25. The van der Waals surface area contributed by atoms with Gasteiger partial charge in [0.25, 0.3) is 11.8 Å². The van der Waals surface area contributed by atoms with E-state index in [2.05, 4.69) is 25.0 Å². The molecule has 4 N–H and O–H groups in total. The van der Waals surface area contributed by atoms with Crippen LogP contribution in [-0.4, -0.2) is 79.0 Å². The second-order valence-electron chi connectivity index (χ2n) is 5.36. The van der Waals surface area contributed by atoms with Crippen LogP contribution in [0.15, 0.2) is 10.5 Å². The number of rotatable bonds is 6. The second-order valence-corrected chi connectivity index (χ2v) is 8.52. The minimum Gasteiger partial charge on any atom is -0.398 e. The molecule has 0 aliphatic carbocycles. The van der Waals surface area contributed by atoms with Crippen molar-refractivity contribution in [2.75, 3.05) is 33.5 Å². The van der Waals surface area contributed by atoms with Gasteiger partial charge in [0.1, 0.15) is 18.8 Å². The van der Waals surface area contributed by atoms with Crippen LogP contribution in [0.3, 0.4) is 0 Å². The first-order chi connectivity index (χ1) is 12.6. The topological polar surface area (TPSA) is 159 Å². The van der Waals surface area contributed by atoms with Crippen LogP contribution in [0.2, 0.25) is 0 Å². The minimum absolute atomic E-state index is 0.00117. The van der Waals surface area contributed by atoms with E-state index in [0.29, 0.717) is 0 Å². The molecule has 1 aromatic heterocycles. The molecule has 148 valence electrons. The van der Waals surface area contributed by atoms with Crippen LogP contribution in [0.25, 0.3) is 0 Å². The molecule has 0 bridgehead atoms. The largest absolute Gasteiger partial charge is 0.398 e. The quantitative estimate of drug-likeness (QED) is 0.202. The summed E-state index contributed by atoms with van der Waals surface area (Å²) in [6.45, 7) is -0.00117. The number of likely N-dealkylation sites (tertiary alicyclic amines) is 1. The number of carbonyl (C=O) groups excluding carboxylic acids is 2. The molecular formula is C12H17N7O5S3. The summed E-state index contributed by atoms with van der Waals surface area (Å²) in [5, 5.41) is 7.56. The van der Waals surface area contributed by atoms with Crippen molar-refractivity contribution in [3.63, 3.8) is 0 Å². The fourth-order valence-electron chi connectivity index (χ4n) is 1.89. The van der Waals surface area contributed by atoms with Crippen LogP contribution in [0.5, 0.6) is 0 Å². The third kappa shape index (κ3) is 4.68. The van der Waals surface area contributed by atoms with Gasteiger partial charge in [0.15, 0.2) is 16.0 Å². The van der Waals surface area contributed by atoms with Crippen molar-refractivity contribution in [1.82, 2.24) is 24.2 Å². The molecule has 12 nitrogen and oxygen atoms in total. The number of carbonyl (C=O) groups is 2. The Morgan fingerprint density at radius 3 is 2.70 bits per heavy atom. The zero-order valence-electron chi connectivity index (χ0n) is 14.5. The smallest absolute Gasteiger partial charge is 0.302 e. The Labute approximate surface area is 164 Å². The molecule has 2 rings (SSSR count). The molecule has 15 heteroatoms. The maximum absolute atomic E-state index is 12.4. The van der Waals surface area contributed by atoms with E-state index >= 15 is 0 Å². The first-order valence-corrected chi connectivity index (χ1v) is 9.98. The number of nitrogen functional groups attached to an aromatic ring is 1. The third-order valence-electron chi connectivity index (χ3n) is 3.34. The lowest BCUT2D eigenvalue weighted by Gasteiger charge is -2.38. The Balaban J connectivity index is 2.00. The molecule has 1 saturated heterocycles. The maximum atomic E-state index is 12.4. The van der Waals surface area contributed by atoms with Gasteiger partial charge in [-0.05, 0) is 12.2 Å². The van der Waals surface area contributed by atoms with Gasteiger partial charge in [-0.2, -0.15) is 12.7 Å². The van der Waals surface area contributed by atoms with Gasteiger partial charge < -0.3 is 15.9 Å². The number of nitrogens with zero attached hydrogens (tertiary/aromatic N) is 4. The van der Waals surface area contributed by atoms with E-state index in [1.807, 2.05) is 0 Å². The van der Waals surface area contributed by atoms with E-state index in [4.69, 9.17) is 18.0 Å². The van der Waals surface area contributed by atoms with Crippen molar-refractivity contribution >= 4 is 61.5 Å². The number of thiocarbonyl (C=S) groups is 1. The summed E-state index contributed by atoms with van der Waals surface area (Å²) >= 11 is 6.04. The van der Waals surface area contributed by atoms with Crippen molar-refractivity contribution in [2.24, 2.45) is 5.16 Å². The third-order valence-corrected chi connectivity index (χ3v) is 5.88. The van der Waals surface area contributed by atoms with Gasteiger partial charge >= 0.3 is 10.2 Å². The van der Waals surface area contributed by atoms with E-state index < -0.39 is 28.1 Å². The summed E-state index contributed by atoms with van der Waals surface area (Å²) < 4.78 is 26.5. The van der Waals surface area contributed by atoms with Crippen molar-refractivity contribution in [1.29, 1.82) is 0 Å². The molecule has 1 aliphatic rings. The highest BCUT2D eigenvalue weighted by molar-refractivity contribution is 7.89. The molecule has 1 atom stereocenters. The second kappa shape index (κ2) is 8.12. The number of anilines is 1. The van der Waals surface area contributed by atoms with E-state index in [-0.39, 0.29) is 28.2 Å². The average Bonchev–Trinajstić information content (AvgIpc) is 3.00. The van der Waals surface area contributed by atoms with Crippen molar-refractivity contribution in [3.05, 3.63) is 11.1 Å². The molecule has 0 unspecified atom stereocenters. The fourth-order valence-corrected chi connectivity index (χ4v) is 3.43. The molecule has 1 aliphatic heterocycles. The maximum Gasteiger partial charge on any atom is 0.302 e. The molecule has 0 aromatic carbocycles. The van der Waals surface area contributed by atoms with Crippen LogP contribution in [0.4, 0.5) is 5.13 Å². The molecule has 0 saturated carbocycles. The highest BCUT2D eigenvalue weighted by atomic mass is 32.2. The van der Waals surface area contributed by atoms with E-state index in [9.17, 15) is 18.0 Å². The lowest BCUT2D eigenvalue weighted by atomic mass is 10.1. The lowest BCUT2D eigenvalue weighted by Crippen LogP contribution is -2.68. The molecule has 27 heavy (non-hydrogen) atoms. The van der Waals surface area contributed by atoms with Gasteiger partial charge in [-0.15, -0.1) is 11.3 Å². The first kappa shape index (κ1) is 20.9. The monoisotopic (exact) mass is 435 g/mol. The number of hydrogen-bond donors (Lipinski definition) is 3. The van der Waals surface area contributed by atoms with Gasteiger partial charge in [0.2, 0.25) is 0 Å². The number of aromatic nitrogens is 1. The Morgan fingerprint density at radius 2 is 2.22 bits per heavy atom. The summed E-state index contributed by atoms with van der Waals surface area (Å²) in [6, 6.07) is -0.891. The van der Waals surface area contributed by atoms with Gasteiger partial charge in [-0.1, -0.05) is 5.16 Å². The number of thiazole rings is 1. The molecular weight excluding hydrogens is 418 g/mol. The lowest BCUT2D eigenvalue weighted by molar-refractivity contribution is -0.140. The van der Waals surface area contributed by atoms with E-state index in [0.717, 1.165) is 20.5 Å². The summed E-state index contributed by atoms with van der Waals surface area (Å²) in [7, 11) is 0.0542. The zero-order chi connectivity index (χ0) is 20.4. The summed E-state index contributed by atoms with van der Waals surface area (Å²) in [5.41, 5.74) is 5.60. The van der Waals surface area contributed by atoms with Crippen LogP contribution in [0, 0.1) is 0 Å². The van der Waals surface area contributed by atoms with Crippen LogP contribution >= 0.6 is 23.6 Å². The predicted octanol–water partition coefficient (Wildman–Crippen LogP) is -1.92. The van der Waals surface area contributed by atoms with Crippen LogP contribution < -0.4 is 15.8 Å².